The van der Waals surface area contributed by atoms with Gasteiger partial charge in [-0.05, 0) is 42.5 Å². The molecule has 2 N–H and O–H groups in total. The third kappa shape index (κ3) is 4.27. The van der Waals surface area contributed by atoms with E-state index in [1.54, 1.807) is 6.07 Å². The second kappa shape index (κ2) is 8.52. The molecule has 0 saturated carbocycles. The molecule has 0 aliphatic carbocycles. The summed E-state index contributed by atoms with van der Waals surface area (Å²) in [6.07, 6.45) is 1.50. The topological polar surface area (TPSA) is 90.3 Å². The number of imidazole rings is 1. The zero-order valence-corrected chi connectivity index (χ0v) is 17.8. The van der Waals surface area contributed by atoms with Crippen molar-refractivity contribution in [2.45, 2.75) is 0 Å². The van der Waals surface area contributed by atoms with Gasteiger partial charge in [0.05, 0.1) is 18.1 Å². The molecule has 0 aliphatic heterocycles. The first-order valence-electron chi connectivity index (χ1n) is 9.00. The summed E-state index contributed by atoms with van der Waals surface area (Å²) >= 11 is 3.43. The number of carbonyl (C=O) groups is 1. The SMILES string of the molecule is CONC(=O)c1cc(Oc2ccc3c(c2)nc(Nc2ccc(Br)cc2)n3C)ccn1. The molecule has 0 radical (unpaired) electrons. The first-order chi connectivity index (χ1) is 14.5. The highest BCUT2D eigenvalue weighted by Gasteiger charge is 2.11. The van der Waals surface area contributed by atoms with Crippen molar-refractivity contribution in [1.82, 2.24) is 20.0 Å². The zero-order valence-electron chi connectivity index (χ0n) is 16.2. The maximum atomic E-state index is 11.9. The molecule has 4 rings (SSSR count). The Morgan fingerprint density at radius 1 is 1.07 bits per heavy atom. The van der Waals surface area contributed by atoms with E-state index in [-0.39, 0.29) is 5.69 Å². The molecule has 8 nitrogen and oxygen atoms in total. The monoisotopic (exact) mass is 467 g/mol. The van der Waals surface area contributed by atoms with E-state index in [2.05, 4.69) is 41.5 Å². The molecular formula is C21H18BrN5O3. The van der Waals surface area contributed by atoms with E-state index in [0.29, 0.717) is 17.4 Å². The van der Waals surface area contributed by atoms with Crippen LogP contribution in [0.2, 0.25) is 0 Å². The van der Waals surface area contributed by atoms with Crippen molar-refractivity contribution >= 4 is 44.5 Å². The standard InChI is InChI=1S/C21H18BrN5O3/c1-27-19-8-7-15(30-16-9-10-23-18(12-16)20(28)26-29-2)11-17(19)25-21(27)24-14-5-3-13(22)4-6-14/h3-12H,1-2H3,(H,24,25)(H,26,28). The van der Waals surface area contributed by atoms with E-state index in [9.17, 15) is 4.79 Å². The Labute approximate surface area is 180 Å². The van der Waals surface area contributed by atoms with Crippen molar-refractivity contribution in [1.29, 1.82) is 0 Å². The highest BCUT2D eigenvalue weighted by Crippen LogP contribution is 2.28. The summed E-state index contributed by atoms with van der Waals surface area (Å²) in [6, 6.07) is 16.7. The molecule has 9 heteroatoms. The van der Waals surface area contributed by atoms with Gasteiger partial charge in [-0.15, -0.1) is 0 Å². The van der Waals surface area contributed by atoms with E-state index in [1.807, 2.05) is 54.1 Å². The van der Waals surface area contributed by atoms with Crippen LogP contribution < -0.4 is 15.5 Å². The molecule has 2 aromatic carbocycles. The number of hydrogen-bond donors (Lipinski definition) is 2. The van der Waals surface area contributed by atoms with Gasteiger partial charge >= 0.3 is 0 Å². The summed E-state index contributed by atoms with van der Waals surface area (Å²) in [5.74, 6) is 1.34. The van der Waals surface area contributed by atoms with Crippen molar-refractivity contribution < 1.29 is 14.4 Å². The number of rotatable bonds is 6. The summed E-state index contributed by atoms with van der Waals surface area (Å²) in [4.78, 5) is 25.2. The minimum atomic E-state index is -0.452. The van der Waals surface area contributed by atoms with Gasteiger partial charge in [-0.3, -0.25) is 14.6 Å². The van der Waals surface area contributed by atoms with Crippen LogP contribution in [0.1, 0.15) is 10.5 Å². The van der Waals surface area contributed by atoms with Crippen LogP contribution in [0.3, 0.4) is 0 Å². The van der Waals surface area contributed by atoms with E-state index >= 15 is 0 Å². The summed E-state index contributed by atoms with van der Waals surface area (Å²) in [7, 11) is 3.31. The highest BCUT2D eigenvalue weighted by atomic mass is 79.9. The molecule has 2 aromatic heterocycles. The first kappa shape index (κ1) is 19.9. The van der Waals surface area contributed by atoms with E-state index in [0.717, 1.165) is 21.2 Å². The lowest BCUT2D eigenvalue weighted by Crippen LogP contribution is -2.22. The average molecular weight is 468 g/mol. The third-order valence-electron chi connectivity index (χ3n) is 4.35. The van der Waals surface area contributed by atoms with Gasteiger partial charge in [0.2, 0.25) is 5.95 Å². The quantitative estimate of drug-likeness (QED) is 0.404. The van der Waals surface area contributed by atoms with E-state index < -0.39 is 5.91 Å². The van der Waals surface area contributed by atoms with Crippen LogP contribution in [0, 0.1) is 0 Å². The number of pyridine rings is 1. The largest absolute Gasteiger partial charge is 0.457 e. The predicted molar refractivity (Wildman–Crippen MR) is 117 cm³/mol. The Morgan fingerprint density at radius 3 is 2.60 bits per heavy atom. The fourth-order valence-electron chi connectivity index (χ4n) is 2.90. The molecule has 30 heavy (non-hydrogen) atoms. The van der Waals surface area contributed by atoms with Crippen LogP contribution in [0.4, 0.5) is 11.6 Å². The molecular weight excluding hydrogens is 450 g/mol. The Balaban J connectivity index is 1.57. The van der Waals surface area contributed by atoms with Crippen molar-refractivity contribution in [3.63, 3.8) is 0 Å². The number of anilines is 2. The van der Waals surface area contributed by atoms with Crippen LogP contribution in [0.25, 0.3) is 11.0 Å². The van der Waals surface area contributed by atoms with Crippen LogP contribution in [-0.4, -0.2) is 27.6 Å². The maximum absolute atomic E-state index is 11.9. The molecule has 0 aliphatic rings. The van der Waals surface area contributed by atoms with Gasteiger partial charge in [0.25, 0.3) is 5.91 Å². The summed E-state index contributed by atoms with van der Waals surface area (Å²) in [5, 5.41) is 3.32. The molecule has 0 spiro atoms. The highest BCUT2D eigenvalue weighted by molar-refractivity contribution is 9.10. The van der Waals surface area contributed by atoms with E-state index in [4.69, 9.17) is 4.74 Å². The number of hydrogen-bond acceptors (Lipinski definition) is 6. The Hall–Kier alpha value is -3.43. The van der Waals surface area contributed by atoms with Crippen LogP contribution in [0.5, 0.6) is 11.5 Å². The summed E-state index contributed by atoms with van der Waals surface area (Å²) in [6.45, 7) is 0. The number of carbonyl (C=O) groups excluding carboxylic acids is 1. The minimum absolute atomic E-state index is 0.189. The third-order valence-corrected chi connectivity index (χ3v) is 4.88. The number of fused-ring (bicyclic) bond motifs is 1. The number of halogens is 1. The first-order valence-corrected chi connectivity index (χ1v) is 9.79. The minimum Gasteiger partial charge on any atom is -0.457 e. The number of ether oxygens (including phenoxy) is 1. The fourth-order valence-corrected chi connectivity index (χ4v) is 3.16. The number of nitrogens with zero attached hydrogens (tertiary/aromatic N) is 3. The van der Waals surface area contributed by atoms with Crippen LogP contribution in [0.15, 0.2) is 65.3 Å². The van der Waals surface area contributed by atoms with Gasteiger partial charge in [0.15, 0.2) is 0 Å². The predicted octanol–water partition coefficient (Wildman–Crippen LogP) is 4.56. The molecule has 152 valence electrons. The number of amides is 1. The number of aromatic nitrogens is 3. The Morgan fingerprint density at radius 2 is 1.83 bits per heavy atom. The number of aryl methyl sites for hydroxylation is 1. The van der Waals surface area contributed by atoms with Crippen molar-refractivity contribution in [2.75, 3.05) is 12.4 Å². The van der Waals surface area contributed by atoms with Crippen LogP contribution in [-0.2, 0) is 11.9 Å². The van der Waals surface area contributed by atoms with Gasteiger partial charge in [0, 0.05) is 35.5 Å². The zero-order chi connectivity index (χ0) is 21.1. The normalized spacial score (nSPS) is 10.8. The van der Waals surface area contributed by atoms with Gasteiger partial charge in [0.1, 0.15) is 17.2 Å². The second-order valence-corrected chi connectivity index (χ2v) is 7.31. The Bertz CT molecular complexity index is 1210. The molecule has 0 bridgehead atoms. The Kier molecular flexibility index (Phi) is 5.64. The maximum Gasteiger partial charge on any atom is 0.293 e. The lowest BCUT2D eigenvalue weighted by molar-refractivity contribution is 0.0532. The van der Waals surface area contributed by atoms with Gasteiger partial charge in [-0.25, -0.2) is 10.5 Å². The molecule has 2 heterocycles. The number of hydroxylamine groups is 1. The van der Waals surface area contributed by atoms with Crippen molar-refractivity contribution in [2.24, 2.45) is 7.05 Å². The summed E-state index contributed by atoms with van der Waals surface area (Å²) < 4.78 is 8.89. The number of nitrogens with one attached hydrogen (secondary N) is 2. The fraction of sp³-hybridized carbons (Fsp3) is 0.0952. The average Bonchev–Trinajstić information content (AvgIpc) is 3.05. The lowest BCUT2D eigenvalue weighted by Gasteiger charge is -2.07. The molecule has 1 amide bonds. The van der Waals surface area contributed by atoms with Gasteiger partial charge < -0.3 is 14.6 Å². The van der Waals surface area contributed by atoms with Crippen molar-refractivity contribution in [3.05, 3.63) is 71.0 Å². The van der Waals surface area contributed by atoms with Gasteiger partial charge in [-0.1, -0.05) is 15.9 Å². The summed E-state index contributed by atoms with van der Waals surface area (Å²) in [5.41, 5.74) is 5.09. The molecule has 0 unspecified atom stereocenters. The molecule has 4 aromatic rings. The number of benzene rings is 2. The molecule has 0 fully saturated rings. The van der Waals surface area contributed by atoms with Crippen LogP contribution >= 0.6 is 15.9 Å². The molecule has 0 atom stereocenters. The van der Waals surface area contributed by atoms with Gasteiger partial charge in [-0.2, -0.15) is 0 Å². The lowest BCUT2D eigenvalue weighted by atomic mass is 10.3. The molecule has 0 saturated heterocycles. The van der Waals surface area contributed by atoms with E-state index in [1.165, 1.54) is 19.4 Å². The second-order valence-electron chi connectivity index (χ2n) is 6.39. The van der Waals surface area contributed by atoms with Crippen molar-refractivity contribution in [3.8, 4) is 11.5 Å². The smallest absolute Gasteiger partial charge is 0.293 e.